The molecule has 0 spiro atoms. The zero-order chi connectivity index (χ0) is 27.3. The van der Waals surface area contributed by atoms with Crippen LogP contribution in [0.25, 0.3) is 11.1 Å². The van der Waals surface area contributed by atoms with Gasteiger partial charge in [0.25, 0.3) is 5.91 Å². The lowest BCUT2D eigenvalue weighted by molar-refractivity contribution is -0.166. The summed E-state index contributed by atoms with van der Waals surface area (Å²) < 4.78 is 0. The first kappa shape index (κ1) is 25.7. The van der Waals surface area contributed by atoms with Gasteiger partial charge in [0, 0.05) is 29.6 Å². The molecule has 3 heterocycles. The summed E-state index contributed by atoms with van der Waals surface area (Å²) in [4.78, 5) is 54.7. The third kappa shape index (κ3) is 4.06. The molecule has 204 valence electrons. The Bertz CT molecular complexity index is 1290. The zero-order valence-electron chi connectivity index (χ0n) is 21.6. The first-order chi connectivity index (χ1) is 18.8. The average Bonchev–Trinajstić information content (AvgIpc) is 3.50. The Balaban J connectivity index is 1.33. The van der Waals surface area contributed by atoms with Crippen molar-refractivity contribution in [3.8, 4) is 11.1 Å². The van der Waals surface area contributed by atoms with E-state index in [1.807, 2.05) is 24.3 Å². The molecule has 4 N–H and O–H groups in total. The van der Waals surface area contributed by atoms with Crippen LogP contribution in [0.1, 0.15) is 49.7 Å². The van der Waals surface area contributed by atoms with Gasteiger partial charge in [0.1, 0.15) is 12.6 Å². The Kier molecular flexibility index (Phi) is 6.51. The van der Waals surface area contributed by atoms with E-state index in [1.165, 1.54) is 0 Å². The topological polar surface area (TPSA) is 136 Å². The van der Waals surface area contributed by atoms with Crippen LogP contribution in [0.4, 0.5) is 0 Å². The van der Waals surface area contributed by atoms with Crippen LogP contribution in [-0.4, -0.2) is 69.9 Å². The van der Waals surface area contributed by atoms with Crippen LogP contribution in [0, 0.1) is 11.8 Å². The SMILES string of the molecule is O=C1NCC[C@@H]1C[C@@H](NC(=O)[C@@H]1C2CCC(CC2)N1C(=O)C1(O)c2ccccc2-c2ccccc21)C(=O)CO. The van der Waals surface area contributed by atoms with Crippen LogP contribution >= 0.6 is 0 Å². The Hall–Kier alpha value is -3.56. The summed E-state index contributed by atoms with van der Waals surface area (Å²) in [7, 11) is 0. The Morgan fingerprint density at radius 2 is 1.59 bits per heavy atom. The summed E-state index contributed by atoms with van der Waals surface area (Å²) in [6.07, 6.45) is 3.65. The van der Waals surface area contributed by atoms with E-state index in [1.54, 1.807) is 29.2 Å². The molecule has 1 saturated carbocycles. The van der Waals surface area contributed by atoms with E-state index in [-0.39, 0.29) is 24.3 Å². The monoisotopic (exact) mass is 531 g/mol. The van der Waals surface area contributed by atoms with Gasteiger partial charge in [-0.15, -0.1) is 0 Å². The second kappa shape index (κ2) is 9.88. The number of fused-ring (bicyclic) bond motifs is 6. The number of hydrogen-bond donors (Lipinski definition) is 4. The first-order valence-electron chi connectivity index (χ1n) is 13.8. The molecule has 3 saturated heterocycles. The molecule has 0 unspecified atom stereocenters. The molecule has 3 aliphatic heterocycles. The van der Waals surface area contributed by atoms with Gasteiger partial charge in [-0.05, 0) is 55.6 Å². The smallest absolute Gasteiger partial charge is 0.264 e. The van der Waals surface area contributed by atoms with Gasteiger partial charge in [0.15, 0.2) is 11.4 Å². The quantitative estimate of drug-likeness (QED) is 0.425. The van der Waals surface area contributed by atoms with Crippen LogP contribution < -0.4 is 10.6 Å². The number of aliphatic hydroxyl groups is 2. The number of nitrogens with one attached hydrogen (secondary N) is 2. The van der Waals surface area contributed by atoms with E-state index in [2.05, 4.69) is 10.6 Å². The normalized spacial score (nSPS) is 26.9. The van der Waals surface area contributed by atoms with Gasteiger partial charge >= 0.3 is 0 Å². The number of ketones is 1. The molecule has 7 rings (SSSR count). The van der Waals surface area contributed by atoms with E-state index in [9.17, 15) is 29.4 Å². The molecule has 2 bridgehead atoms. The van der Waals surface area contributed by atoms with Gasteiger partial charge in [-0.1, -0.05) is 48.5 Å². The number of hydrogen-bond acceptors (Lipinski definition) is 6. The number of carbonyl (C=O) groups excluding carboxylic acids is 4. The molecular weight excluding hydrogens is 498 g/mol. The Labute approximate surface area is 226 Å². The minimum absolute atomic E-state index is 0.0937. The zero-order valence-corrected chi connectivity index (χ0v) is 21.6. The first-order valence-corrected chi connectivity index (χ1v) is 13.8. The van der Waals surface area contributed by atoms with Crippen molar-refractivity contribution >= 4 is 23.5 Å². The summed E-state index contributed by atoms with van der Waals surface area (Å²) in [6, 6.07) is 12.5. The molecule has 0 radical (unpaired) electrons. The van der Waals surface area contributed by atoms with Crippen molar-refractivity contribution in [2.45, 2.75) is 62.3 Å². The lowest BCUT2D eigenvalue weighted by Crippen LogP contribution is -2.66. The molecule has 3 atom stereocenters. The predicted molar refractivity (Wildman–Crippen MR) is 141 cm³/mol. The summed E-state index contributed by atoms with van der Waals surface area (Å²) in [5, 5.41) is 27.3. The summed E-state index contributed by atoms with van der Waals surface area (Å²) in [5.74, 6) is -2.30. The minimum atomic E-state index is -1.94. The highest BCUT2D eigenvalue weighted by atomic mass is 16.3. The lowest BCUT2D eigenvalue weighted by atomic mass is 9.73. The van der Waals surface area contributed by atoms with Crippen molar-refractivity contribution in [1.82, 2.24) is 15.5 Å². The number of rotatable bonds is 7. The maximum Gasteiger partial charge on any atom is 0.264 e. The minimum Gasteiger partial charge on any atom is -0.389 e. The highest BCUT2D eigenvalue weighted by Gasteiger charge is 2.56. The molecule has 2 aromatic rings. The summed E-state index contributed by atoms with van der Waals surface area (Å²) in [5.41, 5.74) is 0.631. The van der Waals surface area contributed by atoms with Crippen LogP contribution in [0.3, 0.4) is 0 Å². The van der Waals surface area contributed by atoms with E-state index in [0.717, 1.165) is 36.8 Å². The van der Waals surface area contributed by atoms with E-state index in [4.69, 9.17) is 0 Å². The predicted octanol–water partition coefficient (Wildman–Crippen LogP) is 1.24. The molecule has 2 aromatic carbocycles. The standard InChI is InChI=1S/C30H33N3O6/c34-16-25(35)24(15-18-13-14-31-27(18)36)32-28(37)26-17-9-11-19(12-10-17)33(26)29(38)30(39)22-7-3-1-5-20(22)21-6-2-4-8-23(21)30/h1-8,17-19,24,26,34,39H,9-16H2,(H,31,36)(H,32,37)/t17?,18-,19?,24-,26+/m1/s1. The summed E-state index contributed by atoms with van der Waals surface area (Å²) >= 11 is 0. The van der Waals surface area contributed by atoms with Gasteiger partial charge < -0.3 is 25.7 Å². The third-order valence-electron chi connectivity index (χ3n) is 9.16. The van der Waals surface area contributed by atoms with Gasteiger partial charge in [-0.2, -0.15) is 0 Å². The van der Waals surface area contributed by atoms with Crippen molar-refractivity contribution in [3.05, 3.63) is 59.7 Å². The molecule has 3 amide bonds. The van der Waals surface area contributed by atoms with Crippen molar-refractivity contribution in [3.63, 3.8) is 0 Å². The molecule has 4 fully saturated rings. The van der Waals surface area contributed by atoms with Gasteiger partial charge in [0.2, 0.25) is 11.8 Å². The van der Waals surface area contributed by atoms with Crippen LogP contribution in [-0.2, 0) is 24.8 Å². The van der Waals surface area contributed by atoms with Gasteiger partial charge in [-0.25, -0.2) is 0 Å². The fraction of sp³-hybridized carbons (Fsp3) is 0.467. The highest BCUT2D eigenvalue weighted by molar-refractivity contribution is 6.01. The number of carbonyl (C=O) groups is 4. The molecule has 39 heavy (non-hydrogen) atoms. The molecule has 2 aliphatic carbocycles. The number of nitrogens with zero attached hydrogens (tertiary/aromatic N) is 1. The largest absolute Gasteiger partial charge is 0.389 e. The Morgan fingerprint density at radius 1 is 0.974 bits per heavy atom. The average molecular weight is 532 g/mol. The van der Waals surface area contributed by atoms with Crippen molar-refractivity contribution < 1.29 is 29.4 Å². The number of Topliss-reactive ketones (excluding diaryl/α,β-unsaturated/α-hetero) is 1. The number of piperidine rings is 2. The second-order valence-corrected chi connectivity index (χ2v) is 11.2. The van der Waals surface area contributed by atoms with Crippen molar-refractivity contribution in [2.75, 3.05) is 13.2 Å². The van der Waals surface area contributed by atoms with Crippen LogP contribution in [0.5, 0.6) is 0 Å². The van der Waals surface area contributed by atoms with E-state index < -0.39 is 47.8 Å². The van der Waals surface area contributed by atoms with Gasteiger partial charge in [0.05, 0.1) is 6.04 Å². The van der Waals surface area contributed by atoms with E-state index >= 15 is 0 Å². The highest BCUT2D eigenvalue weighted by Crippen LogP contribution is 2.50. The van der Waals surface area contributed by atoms with Crippen molar-refractivity contribution in [2.24, 2.45) is 11.8 Å². The molecule has 9 nitrogen and oxygen atoms in total. The Morgan fingerprint density at radius 3 is 2.15 bits per heavy atom. The molecule has 9 heteroatoms. The molecule has 0 aromatic heterocycles. The molecular formula is C30H33N3O6. The van der Waals surface area contributed by atoms with Crippen LogP contribution in [0.15, 0.2) is 48.5 Å². The fourth-order valence-electron chi connectivity index (χ4n) is 7.20. The summed E-state index contributed by atoms with van der Waals surface area (Å²) in [6.45, 7) is -0.250. The number of benzene rings is 2. The fourth-order valence-corrected chi connectivity index (χ4v) is 7.20. The van der Waals surface area contributed by atoms with E-state index in [0.29, 0.717) is 24.1 Å². The lowest BCUT2D eigenvalue weighted by Gasteiger charge is -2.52. The number of aliphatic hydroxyl groups excluding tert-OH is 1. The number of amides is 3. The van der Waals surface area contributed by atoms with Crippen LogP contribution in [0.2, 0.25) is 0 Å². The molecule has 5 aliphatic rings. The maximum atomic E-state index is 14.5. The second-order valence-electron chi connectivity index (χ2n) is 11.2. The maximum absolute atomic E-state index is 14.5. The third-order valence-corrected chi connectivity index (χ3v) is 9.16. The van der Waals surface area contributed by atoms with Crippen molar-refractivity contribution in [1.29, 1.82) is 0 Å². The van der Waals surface area contributed by atoms with Gasteiger partial charge in [-0.3, -0.25) is 19.2 Å².